The van der Waals surface area contributed by atoms with Crippen molar-refractivity contribution in [2.24, 2.45) is 7.05 Å². The largest absolute Gasteiger partial charge is 0.540 e. The molecule has 0 saturated carbocycles. The van der Waals surface area contributed by atoms with Crippen molar-refractivity contribution < 1.29 is 31.8 Å². The lowest BCUT2D eigenvalue weighted by atomic mass is 10.1. The van der Waals surface area contributed by atoms with Crippen molar-refractivity contribution in [2.45, 2.75) is 25.4 Å². The number of ether oxygens (including phenoxy) is 2. The number of nitrogens with one attached hydrogen (secondary N) is 1. The van der Waals surface area contributed by atoms with E-state index in [1.54, 1.807) is 11.1 Å². The normalized spacial score (nSPS) is 20.5. The number of hydrogen-bond donors (Lipinski definition) is 1. The summed E-state index contributed by atoms with van der Waals surface area (Å²) in [5, 5.41) is 2.54. The Morgan fingerprint density at radius 1 is 1.19 bits per heavy atom. The number of carbonyl (C=O) groups excluding carboxylic acids is 1. The summed E-state index contributed by atoms with van der Waals surface area (Å²) >= 11 is 0. The van der Waals surface area contributed by atoms with Crippen LogP contribution in [0.15, 0.2) is 30.6 Å². The molecular formula is C19H21F4N5O3. The van der Waals surface area contributed by atoms with E-state index in [0.29, 0.717) is 26.2 Å². The molecule has 0 spiro atoms. The maximum absolute atomic E-state index is 13.9. The van der Waals surface area contributed by atoms with Crippen LogP contribution in [0.4, 0.5) is 28.0 Å². The van der Waals surface area contributed by atoms with E-state index >= 15 is 0 Å². The van der Waals surface area contributed by atoms with E-state index < -0.39 is 29.7 Å². The summed E-state index contributed by atoms with van der Waals surface area (Å²) in [6, 6.07) is 2.57. The zero-order valence-electron chi connectivity index (χ0n) is 16.7. The Morgan fingerprint density at radius 2 is 2.00 bits per heavy atom. The average molecular weight is 443 g/mol. The number of benzene rings is 1. The van der Waals surface area contributed by atoms with E-state index in [2.05, 4.69) is 24.7 Å². The van der Waals surface area contributed by atoms with Gasteiger partial charge in [0.2, 0.25) is 0 Å². The summed E-state index contributed by atoms with van der Waals surface area (Å²) in [4.78, 5) is 20.7. The number of nitrogens with zero attached hydrogens (tertiary/aromatic N) is 4. The van der Waals surface area contributed by atoms with Crippen LogP contribution in [0.1, 0.15) is 17.8 Å². The number of urea groups is 1. The van der Waals surface area contributed by atoms with Gasteiger partial charge >= 0.3 is 18.4 Å². The molecule has 0 unspecified atom stereocenters. The number of imidazole rings is 1. The minimum Gasteiger partial charge on any atom is -0.409 e. The van der Waals surface area contributed by atoms with Gasteiger partial charge in [-0.2, -0.15) is 8.78 Å². The second-order valence-corrected chi connectivity index (χ2v) is 7.40. The fourth-order valence-corrected chi connectivity index (χ4v) is 3.56. The lowest BCUT2D eigenvalue weighted by molar-refractivity contribution is -0.461. The first-order chi connectivity index (χ1) is 14.6. The maximum atomic E-state index is 13.9. The van der Waals surface area contributed by atoms with E-state index in [9.17, 15) is 22.4 Å². The van der Waals surface area contributed by atoms with Gasteiger partial charge < -0.3 is 19.5 Å². The molecule has 2 amide bonds. The van der Waals surface area contributed by atoms with E-state index in [-0.39, 0.29) is 5.69 Å². The number of fused-ring (bicyclic) bond motifs is 1. The molecule has 0 atom stereocenters. The van der Waals surface area contributed by atoms with Crippen LogP contribution in [-0.2, 0) is 24.4 Å². The molecule has 0 bridgehead atoms. The quantitative estimate of drug-likeness (QED) is 0.738. The van der Waals surface area contributed by atoms with Crippen molar-refractivity contribution in [3.8, 4) is 5.75 Å². The van der Waals surface area contributed by atoms with Gasteiger partial charge in [-0.15, -0.1) is 8.78 Å². The van der Waals surface area contributed by atoms with Crippen molar-refractivity contribution in [3.63, 3.8) is 0 Å². The van der Waals surface area contributed by atoms with Crippen molar-refractivity contribution in [3.05, 3.63) is 42.0 Å². The van der Waals surface area contributed by atoms with Gasteiger partial charge in [0.1, 0.15) is 11.6 Å². The van der Waals surface area contributed by atoms with Gasteiger partial charge in [0.25, 0.3) is 0 Å². The lowest BCUT2D eigenvalue weighted by Gasteiger charge is -2.30. The number of anilines is 1. The third-order valence-electron chi connectivity index (χ3n) is 5.18. The third kappa shape index (κ3) is 4.74. The maximum Gasteiger partial charge on any atom is 0.540 e. The van der Waals surface area contributed by atoms with Crippen molar-refractivity contribution >= 4 is 11.7 Å². The highest BCUT2D eigenvalue weighted by atomic mass is 19.3. The summed E-state index contributed by atoms with van der Waals surface area (Å²) in [6.07, 6.45) is -4.37. The molecule has 12 heteroatoms. The average Bonchev–Trinajstić information content (AvgIpc) is 2.93. The molecule has 0 aliphatic carbocycles. The van der Waals surface area contributed by atoms with Crippen molar-refractivity contribution in [1.82, 2.24) is 19.4 Å². The Hall–Kier alpha value is -2.86. The molecule has 8 nitrogen and oxygen atoms in total. The Bertz CT molecular complexity index is 968. The van der Waals surface area contributed by atoms with E-state index in [4.69, 9.17) is 0 Å². The van der Waals surface area contributed by atoms with Gasteiger partial charge in [0, 0.05) is 51.3 Å². The van der Waals surface area contributed by atoms with Crippen LogP contribution in [0.5, 0.6) is 5.75 Å². The first-order valence-corrected chi connectivity index (χ1v) is 9.67. The van der Waals surface area contributed by atoms with Gasteiger partial charge in [-0.05, 0) is 24.6 Å². The van der Waals surface area contributed by atoms with Gasteiger partial charge in [0.15, 0.2) is 0 Å². The number of carbonyl (C=O) groups is 1. The molecule has 168 valence electrons. The number of aromatic nitrogens is 2. The second kappa shape index (κ2) is 8.00. The molecule has 1 saturated heterocycles. The van der Waals surface area contributed by atoms with Crippen molar-refractivity contribution in [2.75, 3.05) is 31.5 Å². The molecule has 0 radical (unpaired) electrons. The van der Waals surface area contributed by atoms with Crippen LogP contribution in [0.25, 0.3) is 0 Å². The molecule has 31 heavy (non-hydrogen) atoms. The monoisotopic (exact) mass is 443 g/mol. The number of halogens is 4. The van der Waals surface area contributed by atoms with Crippen LogP contribution in [0, 0.1) is 0 Å². The molecule has 1 aromatic carbocycles. The molecule has 2 aromatic rings. The fraction of sp³-hybridized carbons (Fsp3) is 0.474. The predicted molar refractivity (Wildman–Crippen MR) is 101 cm³/mol. The topological polar surface area (TPSA) is 71.9 Å². The molecule has 3 heterocycles. The first-order valence-electron chi connectivity index (χ1n) is 9.67. The highest BCUT2D eigenvalue weighted by molar-refractivity contribution is 5.89. The summed E-state index contributed by atoms with van der Waals surface area (Å²) < 4.78 is 63.6. The minimum absolute atomic E-state index is 0.0231. The van der Waals surface area contributed by atoms with E-state index in [1.165, 1.54) is 6.07 Å². The Balaban J connectivity index is 1.39. The summed E-state index contributed by atoms with van der Waals surface area (Å²) in [5.74, 6) is 0.210. The van der Waals surface area contributed by atoms with Crippen LogP contribution in [0.3, 0.4) is 0 Å². The number of alkyl halides is 4. The van der Waals surface area contributed by atoms with Crippen LogP contribution in [0.2, 0.25) is 0 Å². The summed E-state index contributed by atoms with van der Waals surface area (Å²) in [7, 11) is 1.92. The predicted octanol–water partition coefficient (Wildman–Crippen LogP) is 3.17. The molecule has 2 aliphatic rings. The van der Waals surface area contributed by atoms with Crippen molar-refractivity contribution in [1.29, 1.82) is 0 Å². The number of rotatable bonds is 3. The zero-order valence-corrected chi connectivity index (χ0v) is 16.7. The van der Waals surface area contributed by atoms with Crippen LogP contribution < -0.4 is 10.1 Å². The van der Waals surface area contributed by atoms with Gasteiger partial charge in [-0.3, -0.25) is 4.90 Å². The molecule has 1 fully saturated rings. The van der Waals surface area contributed by atoms with Gasteiger partial charge in [-0.25, -0.2) is 14.5 Å². The van der Waals surface area contributed by atoms with Crippen LogP contribution >= 0.6 is 0 Å². The highest BCUT2D eigenvalue weighted by Gasteiger charge is 2.54. The second-order valence-electron chi connectivity index (χ2n) is 7.40. The molecule has 2 aliphatic heterocycles. The first kappa shape index (κ1) is 21.4. The fourth-order valence-electron chi connectivity index (χ4n) is 3.56. The number of hydrogen-bond acceptors (Lipinski definition) is 5. The molecule has 1 N–H and O–H groups in total. The molecule has 4 rings (SSSR count). The number of amides is 2. The number of aryl methyl sites for hydroxylation is 1. The smallest absolute Gasteiger partial charge is 0.409 e. The van der Waals surface area contributed by atoms with Gasteiger partial charge in [0.05, 0.1) is 12.1 Å². The Morgan fingerprint density at radius 3 is 2.74 bits per heavy atom. The minimum atomic E-state index is -4.44. The third-order valence-corrected chi connectivity index (χ3v) is 5.18. The van der Waals surface area contributed by atoms with Crippen LogP contribution in [-0.4, -0.2) is 57.9 Å². The summed E-state index contributed by atoms with van der Waals surface area (Å²) in [5.41, 5.74) is -0.858. The molecular weight excluding hydrogens is 422 g/mol. The lowest BCUT2D eigenvalue weighted by Crippen LogP contribution is -2.41. The highest BCUT2D eigenvalue weighted by Crippen LogP contribution is 2.46. The zero-order chi connectivity index (χ0) is 22.2. The summed E-state index contributed by atoms with van der Waals surface area (Å²) in [6.45, 7) is 2.99. The standard InChI is InChI=1S/C19H21F4N5O3/c1-26-8-5-24-16(26)12-27-6-2-7-28(10-9-27)17(29)25-13-3-4-15-14(11-13)18(20,21)31-19(22,23)30-15/h3-5,8,11H,2,6-7,9-10,12H2,1H3,(H,25,29). The van der Waals surface area contributed by atoms with E-state index in [0.717, 1.165) is 30.9 Å². The SMILES string of the molecule is Cn1ccnc1CN1CCCN(C(=O)Nc2ccc3c(c2)C(F)(F)OC(F)(F)O3)CC1. The van der Waals surface area contributed by atoms with E-state index in [1.807, 2.05) is 17.8 Å². The van der Waals surface area contributed by atoms with Gasteiger partial charge in [-0.1, -0.05) is 0 Å². The Labute approximate surface area is 175 Å². The Kier molecular flexibility index (Phi) is 5.52. The molecule has 1 aromatic heterocycles.